The molecule has 1 N–H and O–H groups in total. The van der Waals surface area contributed by atoms with E-state index in [0.29, 0.717) is 6.42 Å². The number of aryl methyl sites for hydroxylation is 2. The van der Waals surface area contributed by atoms with Crippen molar-refractivity contribution in [1.82, 2.24) is 29.9 Å². The summed E-state index contributed by atoms with van der Waals surface area (Å²) in [6.45, 7) is 2.00. The maximum absolute atomic E-state index is 10.5. The normalized spacial score (nSPS) is 9.70. The van der Waals surface area contributed by atoms with Crippen molar-refractivity contribution < 1.29 is 29.4 Å². The maximum Gasteiger partial charge on any atom is 0.303 e. The van der Waals surface area contributed by atoms with Gasteiger partial charge >= 0.3 is 5.97 Å². The SMILES string of the molecule is Cc1ccnc(-c2cc(CCC(=O)O)ccn2)c1.[Ru].c1ccc(-c2ccccn2)nc1.c1ccc(-c2ccccn2)nc1. The van der Waals surface area contributed by atoms with Crippen LogP contribution in [-0.4, -0.2) is 41.0 Å². The minimum absolute atomic E-state index is 0. The van der Waals surface area contributed by atoms with E-state index in [-0.39, 0.29) is 25.9 Å². The summed E-state index contributed by atoms with van der Waals surface area (Å²) < 4.78 is 0. The molecule has 0 radical (unpaired) electrons. The molecule has 0 fully saturated rings. The van der Waals surface area contributed by atoms with Crippen molar-refractivity contribution in [1.29, 1.82) is 0 Å². The Morgan fingerprint density at radius 1 is 0.535 bits per heavy atom. The van der Waals surface area contributed by atoms with Crippen LogP contribution in [0.4, 0.5) is 0 Å². The smallest absolute Gasteiger partial charge is 0.303 e. The fourth-order valence-electron chi connectivity index (χ4n) is 3.75. The third-order valence-electron chi connectivity index (χ3n) is 5.81. The molecule has 6 aromatic heterocycles. The van der Waals surface area contributed by atoms with Gasteiger partial charge in [0.15, 0.2) is 0 Å². The van der Waals surface area contributed by atoms with E-state index < -0.39 is 5.97 Å². The summed E-state index contributed by atoms with van der Waals surface area (Å²) in [7, 11) is 0. The Morgan fingerprint density at radius 3 is 1.30 bits per heavy atom. The van der Waals surface area contributed by atoms with Crippen molar-refractivity contribution in [2.45, 2.75) is 19.8 Å². The molecule has 0 saturated heterocycles. The summed E-state index contributed by atoms with van der Waals surface area (Å²) in [6.07, 6.45) is 11.1. The molecule has 0 spiro atoms. The van der Waals surface area contributed by atoms with E-state index in [1.54, 1.807) is 37.2 Å². The van der Waals surface area contributed by atoms with Crippen molar-refractivity contribution in [3.8, 4) is 34.2 Å². The van der Waals surface area contributed by atoms with Crippen LogP contribution in [0.15, 0.2) is 134 Å². The van der Waals surface area contributed by atoms with Crippen LogP contribution in [0.3, 0.4) is 0 Å². The molecule has 0 aliphatic rings. The zero-order chi connectivity index (χ0) is 29.4. The number of hydrogen-bond donors (Lipinski definition) is 1. The second-order valence-electron chi connectivity index (χ2n) is 9.02. The third kappa shape index (κ3) is 11.1. The third-order valence-corrected chi connectivity index (χ3v) is 5.81. The molecular weight excluding hydrogens is 625 g/mol. The monoisotopic (exact) mass is 656 g/mol. The molecule has 0 aliphatic carbocycles. The predicted molar refractivity (Wildman–Crippen MR) is 163 cm³/mol. The minimum Gasteiger partial charge on any atom is -0.481 e. The van der Waals surface area contributed by atoms with Crippen molar-refractivity contribution >= 4 is 5.97 Å². The number of aromatic nitrogens is 6. The molecule has 0 bridgehead atoms. The van der Waals surface area contributed by atoms with Gasteiger partial charge in [0.25, 0.3) is 0 Å². The van der Waals surface area contributed by atoms with Gasteiger partial charge in [0.2, 0.25) is 0 Å². The van der Waals surface area contributed by atoms with Crippen molar-refractivity contribution in [3.05, 3.63) is 145 Å². The summed E-state index contributed by atoms with van der Waals surface area (Å²) in [4.78, 5) is 35.8. The maximum atomic E-state index is 10.5. The van der Waals surface area contributed by atoms with Crippen LogP contribution in [0.2, 0.25) is 0 Å². The minimum atomic E-state index is -0.790. The molecule has 0 amide bonds. The molecule has 216 valence electrons. The van der Waals surface area contributed by atoms with E-state index in [1.807, 2.05) is 104 Å². The van der Waals surface area contributed by atoms with Crippen LogP contribution >= 0.6 is 0 Å². The van der Waals surface area contributed by atoms with Crippen molar-refractivity contribution in [2.24, 2.45) is 0 Å². The standard InChI is InChI=1S/C14H14N2O2.2C10H8N2.Ru/c1-10-4-6-15-12(8-10)13-9-11(5-7-16-13)2-3-14(17)18;2*1-3-7-11-9(5-1)10-6-2-4-8-12-10;/h4-9H,2-3H2,1H3,(H,17,18);2*1-8H;. The van der Waals surface area contributed by atoms with E-state index in [2.05, 4.69) is 29.9 Å². The van der Waals surface area contributed by atoms with Crippen LogP contribution in [0.5, 0.6) is 0 Å². The summed E-state index contributed by atoms with van der Waals surface area (Å²) in [5, 5.41) is 8.67. The van der Waals surface area contributed by atoms with Gasteiger partial charge in [-0.1, -0.05) is 24.3 Å². The number of rotatable bonds is 6. The average molecular weight is 656 g/mol. The van der Waals surface area contributed by atoms with Crippen LogP contribution < -0.4 is 0 Å². The number of aliphatic carboxylic acids is 1. The van der Waals surface area contributed by atoms with Crippen molar-refractivity contribution in [2.75, 3.05) is 0 Å². The second kappa shape index (κ2) is 17.7. The van der Waals surface area contributed by atoms with Crippen LogP contribution in [0, 0.1) is 6.92 Å². The molecule has 0 unspecified atom stereocenters. The topological polar surface area (TPSA) is 115 Å². The summed E-state index contributed by atoms with van der Waals surface area (Å²) in [6, 6.07) is 30.8. The number of carboxylic acid groups (broad SMARTS) is 1. The van der Waals surface area contributed by atoms with Gasteiger partial charge in [-0.2, -0.15) is 0 Å². The zero-order valence-electron chi connectivity index (χ0n) is 23.5. The van der Waals surface area contributed by atoms with E-state index >= 15 is 0 Å². The average Bonchev–Trinajstić information content (AvgIpc) is 3.06. The number of hydrogen-bond acceptors (Lipinski definition) is 7. The molecule has 0 atom stereocenters. The molecular formula is C34H30N6O2Ru. The Bertz CT molecular complexity index is 1510. The fourth-order valence-corrected chi connectivity index (χ4v) is 3.75. The Balaban J connectivity index is 0.000000180. The number of nitrogens with zero attached hydrogens (tertiary/aromatic N) is 6. The first kappa shape index (κ1) is 32.5. The first-order chi connectivity index (χ1) is 20.6. The molecule has 6 rings (SSSR count). The van der Waals surface area contributed by atoms with Gasteiger partial charge in [0.05, 0.1) is 34.2 Å². The Kier molecular flexibility index (Phi) is 13.4. The van der Waals surface area contributed by atoms with Gasteiger partial charge in [-0.05, 0) is 97.3 Å². The Hall–Kier alpha value is -5.01. The van der Waals surface area contributed by atoms with E-state index in [4.69, 9.17) is 5.11 Å². The van der Waals surface area contributed by atoms with E-state index in [0.717, 1.165) is 45.3 Å². The first-order valence-corrected chi connectivity index (χ1v) is 13.3. The number of carbonyl (C=O) groups is 1. The van der Waals surface area contributed by atoms with Crippen molar-refractivity contribution in [3.63, 3.8) is 0 Å². The summed E-state index contributed by atoms with van der Waals surface area (Å²) >= 11 is 0. The predicted octanol–water partition coefficient (Wildman–Crippen LogP) is 6.75. The number of carboxylic acids is 1. The molecule has 6 heterocycles. The summed E-state index contributed by atoms with van der Waals surface area (Å²) in [5.74, 6) is -0.790. The van der Waals surface area contributed by atoms with E-state index in [9.17, 15) is 4.79 Å². The van der Waals surface area contributed by atoms with E-state index in [1.165, 1.54) is 0 Å². The Morgan fingerprint density at radius 2 is 0.930 bits per heavy atom. The second-order valence-corrected chi connectivity index (χ2v) is 9.02. The van der Waals surface area contributed by atoms with Crippen LogP contribution in [0.25, 0.3) is 34.2 Å². The largest absolute Gasteiger partial charge is 0.481 e. The van der Waals surface area contributed by atoms with Gasteiger partial charge < -0.3 is 5.11 Å². The molecule has 0 saturated carbocycles. The van der Waals surface area contributed by atoms with Gasteiger partial charge in [0, 0.05) is 63.1 Å². The van der Waals surface area contributed by atoms with Gasteiger partial charge in [-0.3, -0.25) is 34.7 Å². The molecule has 43 heavy (non-hydrogen) atoms. The first-order valence-electron chi connectivity index (χ1n) is 13.3. The number of pyridine rings is 6. The van der Waals surface area contributed by atoms with Crippen LogP contribution in [0.1, 0.15) is 17.5 Å². The fraction of sp³-hybridized carbons (Fsp3) is 0.0882. The Labute approximate surface area is 263 Å². The van der Waals surface area contributed by atoms with Gasteiger partial charge in [-0.25, -0.2) is 0 Å². The van der Waals surface area contributed by atoms with Gasteiger partial charge in [-0.15, -0.1) is 0 Å². The molecule has 0 aliphatic heterocycles. The van der Waals surface area contributed by atoms with Gasteiger partial charge in [0.1, 0.15) is 0 Å². The molecule has 9 heteroatoms. The zero-order valence-corrected chi connectivity index (χ0v) is 25.2. The summed E-state index contributed by atoms with van der Waals surface area (Å²) in [5.41, 5.74) is 7.34. The molecule has 6 aromatic rings. The quantitative estimate of drug-likeness (QED) is 0.196. The van der Waals surface area contributed by atoms with Crippen LogP contribution in [-0.2, 0) is 30.7 Å². The molecule has 0 aromatic carbocycles. The molecule has 8 nitrogen and oxygen atoms in total.